The molecule has 1 fully saturated rings. The Balaban J connectivity index is 1.58. The average Bonchev–Trinajstić information content (AvgIpc) is 2.97. The molecule has 1 aliphatic heterocycles. The first kappa shape index (κ1) is 14.4. The van der Waals surface area contributed by atoms with E-state index in [0.29, 0.717) is 12.8 Å². The van der Waals surface area contributed by atoms with Gasteiger partial charge in [-0.2, -0.15) is 0 Å². The molecule has 3 rings (SSSR count). The fourth-order valence-electron chi connectivity index (χ4n) is 2.60. The van der Waals surface area contributed by atoms with Crippen LogP contribution in [0.4, 0.5) is 0 Å². The van der Waals surface area contributed by atoms with E-state index in [1.807, 2.05) is 35.7 Å². The Hall–Kier alpha value is -1.52. The first-order valence-corrected chi connectivity index (χ1v) is 8.32. The summed E-state index contributed by atoms with van der Waals surface area (Å²) in [5, 5.41) is 2.92. The van der Waals surface area contributed by atoms with Gasteiger partial charge < -0.3 is 4.74 Å². The summed E-state index contributed by atoms with van der Waals surface area (Å²) in [6.45, 7) is 0.799. The molecular weight excluding hydrogens is 282 g/mol. The van der Waals surface area contributed by atoms with Gasteiger partial charge in [-0.05, 0) is 19.3 Å². The number of carbonyl (C=O) groups excluding carboxylic acids is 1. The topological polar surface area (TPSA) is 39.2 Å². The summed E-state index contributed by atoms with van der Waals surface area (Å²) in [5.41, 5.74) is 2.06. The van der Waals surface area contributed by atoms with Crippen molar-refractivity contribution < 1.29 is 9.53 Å². The minimum atomic E-state index is 0.125. The fraction of sp³-hybridized carbons (Fsp3) is 0.412. The Morgan fingerprint density at radius 3 is 2.90 bits per heavy atom. The number of carbonyl (C=O) groups is 1. The fourth-order valence-corrected chi connectivity index (χ4v) is 3.43. The van der Waals surface area contributed by atoms with Crippen LogP contribution >= 0.6 is 11.3 Å². The lowest BCUT2D eigenvalue weighted by atomic mass is 10.0. The van der Waals surface area contributed by atoms with Gasteiger partial charge in [0.2, 0.25) is 0 Å². The largest absolute Gasteiger partial charge is 0.378 e. The van der Waals surface area contributed by atoms with E-state index in [1.165, 1.54) is 6.42 Å². The zero-order valence-electron chi connectivity index (χ0n) is 12.0. The zero-order chi connectivity index (χ0) is 14.5. The van der Waals surface area contributed by atoms with E-state index in [-0.39, 0.29) is 11.9 Å². The van der Waals surface area contributed by atoms with Crippen LogP contribution in [-0.2, 0) is 16.0 Å². The Morgan fingerprint density at radius 1 is 1.29 bits per heavy atom. The van der Waals surface area contributed by atoms with Gasteiger partial charge in [-0.25, -0.2) is 4.98 Å². The van der Waals surface area contributed by atoms with Crippen LogP contribution < -0.4 is 0 Å². The monoisotopic (exact) mass is 301 g/mol. The van der Waals surface area contributed by atoms with Gasteiger partial charge in [0.05, 0.1) is 18.2 Å². The van der Waals surface area contributed by atoms with Crippen molar-refractivity contribution in [3.05, 3.63) is 40.7 Å². The normalized spacial score (nSPS) is 18.6. The molecule has 1 aromatic heterocycles. The number of ketones is 1. The molecule has 0 N–H and O–H groups in total. The minimum absolute atomic E-state index is 0.125. The van der Waals surface area contributed by atoms with Crippen LogP contribution in [0.2, 0.25) is 0 Å². The van der Waals surface area contributed by atoms with Crippen LogP contribution in [0.25, 0.3) is 11.3 Å². The number of hydrogen-bond acceptors (Lipinski definition) is 4. The molecule has 0 spiro atoms. The maximum absolute atomic E-state index is 12.1. The van der Waals surface area contributed by atoms with Gasteiger partial charge in [0.25, 0.3) is 0 Å². The number of aromatic nitrogens is 1. The van der Waals surface area contributed by atoms with Gasteiger partial charge >= 0.3 is 0 Å². The molecule has 0 radical (unpaired) electrons. The molecule has 21 heavy (non-hydrogen) atoms. The van der Waals surface area contributed by atoms with Crippen molar-refractivity contribution in [2.24, 2.45) is 0 Å². The van der Waals surface area contributed by atoms with Crippen molar-refractivity contribution >= 4 is 17.1 Å². The molecule has 0 aliphatic carbocycles. The Morgan fingerprint density at radius 2 is 2.14 bits per heavy atom. The molecule has 0 bridgehead atoms. The predicted octanol–water partition coefficient (Wildman–Crippen LogP) is 3.88. The highest BCUT2D eigenvalue weighted by Gasteiger charge is 2.18. The molecule has 1 atom stereocenters. The highest BCUT2D eigenvalue weighted by molar-refractivity contribution is 7.10. The Labute approximate surface area is 129 Å². The second-order valence-electron chi connectivity index (χ2n) is 5.40. The second kappa shape index (κ2) is 6.96. The Kier molecular flexibility index (Phi) is 4.78. The third kappa shape index (κ3) is 3.99. The number of benzene rings is 1. The van der Waals surface area contributed by atoms with E-state index in [4.69, 9.17) is 4.74 Å². The van der Waals surface area contributed by atoms with Crippen molar-refractivity contribution in [1.82, 2.24) is 4.98 Å². The summed E-state index contributed by atoms with van der Waals surface area (Å²) in [7, 11) is 0. The van der Waals surface area contributed by atoms with Crippen LogP contribution in [0.3, 0.4) is 0 Å². The second-order valence-corrected chi connectivity index (χ2v) is 6.34. The van der Waals surface area contributed by atoms with Crippen LogP contribution in [0.15, 0.2) is 35.7 Å². The third-order valence-electron chi connectivity index (χ3n) is 3.70. The SMILES string of the molecule is O=C(Cc1nc(-c2ccccc2)cs1)CC1CCCCO1. The third-order valence-corrected chi connectivity index (χ3v) is 4.55. The molecule has 0 saturated carbocycles. The van der Waals surface area contributed by atoms with E-state index in [2.05, 4.69) is 4.98 Å². The van der Waals surface area contributed by atoms with E-state index in [9.17, 15) is 4.79 Å². The van der Waals surface area contributed by atoms with E-state index in [0.717, 1.165) is 35.7 Å². The van der Waals surface area contributed by atoms with Crippen LogP contribution in [0.5, 0.6) is 0 Å². The number of rotatable bonds is 5. The molecule has 3 nitrogen and oxygen atoms in total. The minimum Gasteiger partial charge on any atom is -0.378 e. The van der Waals surface area contributed by atoms with E-state index < -0.39 is 0 Å². The van der Waals surface area contributed by atoms with E-state index >= 15 is 0 Å². The highest BCUT2D eigenvalue weighted by Crippen LogP contribution is 2.23. The van der Waals surface area contributed by atoms with Crippen LogP contribution in [-0.4, -0.2) is 23.5 Å². The molecule has 2 aromatic rings. The maximum Gasteiger partial charge on any atom is 0.142 e. The molecule has 4 heteroatoms. The number of hydrogen-bond donors (Lipinski definition) is 0. The quantitative estimate of drug-likeness (QED) is 0.841. The average molecular weight is 301 g/mol. The summed E-state index contributed by atoms with van der Waals surface area (Å²) in [6.07, 6.45) is 4.39. The number of Topliss-reactive ketones (excluding diaryl/α,β-unsaturated/α-hetero) is 1. The lowest BCUT2D eigenvalue weighted by Crippen LogP contribution is -2.23. The summed E-state index contributed by atoms with van der Waals surface area (Å²) >= 11 is 1.56. The molecule has 1 unspecified atom stereocenters. The zero-order valence-corrected chi connectivity index (χ0v) is 12.8. The molecule has 1 saturated heterocycles. The molecule has 0 amide bonds. The summed E-state index contributed by atoms with van der Waals surface area (Å²) in [5.74, 6) is 0.232. The Bertz CT molecular complexity index is 588. The maximum atomic E-state index is 12.1. The van der Waals surface area contributed by atoms with Gasteiger partial charge in [0.15, 0.2) is 0 Å². The van der Waals surface area contributed by atoms with Crippen LogP contribution in [0.1, 0.15) is 30.7 Å². The predicted molar refractivity (Wildman–Crippen MR) is 84.5 cm³/mol. The lowest BCUT2D eigenvalue weighted by Gasteiger charge is -2.21. The van der Waals surface area contributed by atoms with Gasteiger partial charge in [0.1, 0.15) is 10.8 Å². The number of thiazole rings is 1. The standard InChI is InChI=1S/C17H19NO2S/c19-14(10-15-8-4-5-9-20-15)11-17-18-16(12-21-17)13-6-2-1-3-7-13/h1-3,6-7,12,15H,4-5,8-11H2. The smallest absolute Gasteiger partial charge is 0.142 e. The summed E-state index contributed by atoms with van der Waals surface area (Å²) in [4.78, 5) is 16.7. The first-order valence-electron chi connectivity index (χ1n) is 7.44. The van der Waals surface area contributed by atoms with Crippen molar-refractivity contribution in [1.29, 1.82) is 0 Å². The van der Waals surface area contributed by atoms with Crippen molar-refractivity contribution in [3.8, 4) is 11.3 Å². The van der Waals surface area contributed by atoms with Gasteiger partial charge in [-0.15, -0.1) is 11.3 Å². The number of ether oxygens (including phenoxy) is 1. The molecule has 1 aromatic carbocycles. The van der Waals surface area contributed by atoms with Gasteiger partial charge in [-0.3, -0.25) is 4.79 Å². The van der Waals surface area contributed by atoms with Crippen LogP contribution in [0, 0.1) is 0 Å². The summed E-state index contributed by atoms with van der Waals surface area (Å²) in [6, 6.07) is 10.1. The number of nitrogens with zero attached hydrogens (tertiary/aromatic N) is 1. The highest BCUT2D eigenvalue weighted by atomic mass is 32.1. The van der Waals surface area contributed by atoms with Gasteiger partial charge in [0, 0.05) is 24.0 Å². The van der Waals surface area contributed by atoms with Crippen molar-refractivity contribution in [2.45, 2.75) is 38.2 Å². The molecule has 110 valence electrons. The molecular formula is C17H19NO2S. The first-order chi connectivity index (χ1) is 10.3. The molecule has 2 heterocycles. The van der Waals surface area contributed by atoms with Gasteiger partial charge in [-0.1, -0.05) is 30.3 Å². The van der Waals surface area contributed by atoms with Crippen molar-refractivity contribution in [3.63, 3.8) is 0 Å². The van der Waals surface area contributed by atoms with Crippen molar-refractivity contribution in [2.75, 3.05) is 6.61 Å². The summed E-state index contributed by atoms with van der Waals surface area (Å²) < 4.78 is 5.62. The lowest BCUT2D eigenvalue weighted by molar-refractivity contribution is -0.122. The van der Waals surface area contributed by atoms with E-state index in [1.54, 1.807) is 11.3 Å². The molecule has 1 aliphatic rings.